The zero-order valence-corrected chi connectivity index (χ0v) is 12.0. The van der Waals surface area contributed by atoms with Gasteiger partial charge >= 0.3 is 0 Å². The summed E-state index contributed by atoms with van der Waals surface area (Å²) in [5.41, 5.74) is 1.04. The molecule has 3 rings (SSSR count). The molecule has 0 bridgehead atoms. The number of carbonyl (C=O) groups excluding carboxylic acids is 1. The molecule has 110 valence electrons. The van der Waals surface area contributed by atoms with E-state index in [-0.39, 0.29) is 12.5 Å². The number of benzene rings is 1. The maximum absolute atomic E-state index is 12.3. The van der Waals surface area contributed by atoms with Gasteiger partial charge in [0.2, 0.25) is 0 Å². The molecule has 0 radical (unpaired) electrons. The summed E-state index contributed by atoms with van der Waals surface area (Å²) in [6.07, 6.45) is 7.41. The maximum atomic E-state index is 12.3. The molecule has 0 spiro atoms. The molecular formula is C16H19N3O2. The van der Waals surface area contributed by atoms with E-state index >= 15 is 0 Å². The summed E-state index contributed by atoms with van der Waals surface area (Å²) < 4.78 is 1.88. The summed E-state index contributed by atoms with van der Waals surface area (Å²) >= 11 is 0. The number of rotatable bonds is 5. The monoisotopic (exact) mass is 285 g/mol. The van der Waals surface area contributed by atoms with Gasteiger partial charge in [0, 0.05) is 23.6 Å². The number of aliphatic hydroxyl groups is 1. The summed E-state index contributed by atoms with van der Waals surface area (Å²) in [6, 6.07) is 7.33. The third kappa shape index (κ3) is 2.83. The third-order valence-corrected chi connectivity index (χ3v) is 4.14. The minimum Gasteiger partial charge on any atom is -0.394 e. The van der Waals surface area contributed by atoms with E-state index in [0.29, 0.717) is 11.5 Å². The van der Waals surface area contributed by atoms with E-state index in [1.54, 1.807) is 24.7 Å². The van der Waals surface area contributed by atoms with Gasteiger partial charge in [-0.25, -0.2) is 4.98 Å². The number of amides is 1. The molecule has 5 nitrogen and oxygen atoms in total. The number of aromatic nitrogens is 2. The quantitative estimate of drug-likeness (QED) is 0.879. The van der Waals surface area contributed by atoms with Gasteiger partial charge in [0.1, 0.15) is 0 Å². The largest absolute Gasteiger partial charge is 0.394 e. The molecule has 1 atom stereocenters. The first kappa shape index (κ1) is 13.8. The van der Waals surface area contributed by atoms with Crippen LogP contribution >= 0.6 is 0 Å². The SMILES string of the molecule is CC(CO)(NC(=O)c1ccc(-n2ccnc2)cc1)C1CC1. The van der Waals surface area contributed by atoms with Crippen LogP contribution in [0.5, 0.6) is 0 Å². The molecule has 1 aromatic heterocycles. The molecule has 1 aliphatic carbocycles. The zero-order chi connectivity index (χ0) is 14.9. The van der Waals surface area contributed by atoms with E-state index < -0.39 is 5.54 Å². The van der Waals surface area contributed by atoms with Crippen LogP contribution in [0.3, 0.4) is 0 Å². The predicted molar refractivity (Wildman–Crippen MR) is 79.2 cm³/mol. The Morgan fingerprint density at radius 2 is 2.14 bits per heavy atom. The number of nitrogens with zero attached hydrogens (tertiary/aromatic N) is 2. The van der Waals surface area contributed by atoms with Crippen molar-refractivity contribution in [1.82, 2.24) is 14.9 Å². The van der Waals surface area contributed by atoms with E-state index in [4.69, 9.17) is 0 Å². The summed E-state index contributed by atoms with van der Waals surface area (Å²) in [4.78, 5) is 16.3. The molecule has 1 unspecified atom stereocenters. The van der Waals surface area contributed by atoms with E-state index in [1.165, 1.54) is 0 Å². The molecule has 2 N–H and O–H groups in total. The molecule has 1 fully saturated rings. The highest BCUT2D eigenvalue weighted by molar-refractivity contribution is 5.94. The van der Waals surface area contributed by atoms with Crippen molar-refractivity contribution in [1.29, 1.82) is 0 Å². The van der Waals surface area contributed by atoms with Crippen molar-refractivity contribution in [3.8, 4) is 5.69 Å². The van der Waals surface area contributed by atoms with Crippen LogP contribution in [0, 0.1) is 5.92 Å². The zero-order valence-electron chi connectivity index (χ0n) is 12.0. The number of aliphatic hydroxyl groups excluding tert-OH is 1. The van der Waals surface area contributed by atoms with Crippen LogP contribution in [-0.2, 0) is 0 Å². The summed E-state index contributed by atoms with van der Waals surface area (Å²) in [5, 5.41) is 12.5. The fourth-order valence-electron chi connectivity index (χ4n) is 2.52. The maximum Gasteiger partial charge on any atom is 0.251 e. The molecule has 5 heteroatoms. The van der Waals surface area contributed by atoms with Gasteiger partial charge in [0.05, 0.1) is 18.5 Å². The van der Waals surface area contributed by atoms with Gasteiger partial charge in [-0.15, -0.1) is 0 Å². The van der Waals surface area contributed by atoms with Crippen LogP contribution in [-0.4, -0.2) is 32.7 Å². The smallest absolute Gasteiger partial charge is 0.251 e. The van der Waals surface area contributed by atoms with Crippen LogP contribution in [0.25, 0.3) is 5.69 Å². The third-order valence-electron chi connectivity index (χ3n) is 4.14. The van der Waals surface area contributed by atoms with Gasteiger partial charge in [0.25, 0.3) is 5.91 Å². The molecule has 1 aliphatic rings. The van der Waals surface area contributed by atoms with Gasteiger partial charge in [-0.2, -0.15) is 0 Å². The second-order valence-electron chi connectivity index (χ2n) is 5.82. The van der Waals surface area contributed by atoms with E-state index in [2.05, 4.69) is 10.3 Å². The molecule has 2 aromatic rings. The van der Waals surface area contributed by atoms with Crippen LogP contribution in [0.15, 0.2) is 43.0 Å². The Morgan fingerprint density at radius 3 is 2.67 bits per heavy atom. The summed E-state index contributed by atoms with van der Waals surface area (Å²) in [6.45, 7) is 1.87. The molecule has 1 aromatic carbocycles. The Balaban J connectivity index is 1.73. The second-order valence-corrected chi connectivity index (χ2v) is 5.82. The highest BCUT2D eigenvalue weighted by Crippen LogP contribution is 2.39. The number of imidazole rings is 1. The first-order valence-electron chi connectivity index (χ1n) is 7.14. The topological polar surface area (TPSA) is 67.2 Å². The van der Waals surface area contributed by atoms with Crippen molar-refractivity contribution < 1.29 is 9.90 Å². The molecule has 1 heterocycles. The lowest BCUT2D eigenvalue weighted by atomic mass is 9.96. The molecule has 0 saturated heterocycles. The van der Waals surface area contributed by atoms with Crippen LogP contribution < -0.4 is 5.32 Å². The highest BCUT2D eigenvalue weighted by atomic mass is 16.3. The lowest BCUT2D eigenvalue weighted by Gasteiger charge is -2.28. The number of carbonyl (C=O) groups is 1. The number of hydrogen-bond acceptors (Lipinski definition) is 3. The van der Waals surface area contributed by atoms with Crippen LogP contribution in [0.4, 0.5) is 0 Å². The normalized spacial score (nSPS) is 17.2. The molecule has 21 heavy (non-hydrogen) atoms. The first-order valence-corrected chi connectivity index (χ1v) is 7.14. The number of hydrogen-bond donors (Lipinski definition) is 2. The van der Waals surface area contributed by atoms with Crippen LogP contribution in [0.2, 0.25) is 0 Å². The van der Waals surface area contributed by atoms with Crippen molar-refractivity contribution in [3.63, 3.8) is 0 Å². The summed E-state index contributed by atoms with van der Waals surface area (Å²) in [7, 11) is 0. The van der Waals surface area contributed by atoms with Crippen molar-refractivity contribution in [2.24, 2.45) is 5.92 Å². The van der Waals surface area contributed by atoms with Gasteiger partial charge in [-0.05, 0) is 49.9 Å². The Morgan fingerprint density at radius 1 is 1.43 bits per heavy atom. The van der Waals surface area contributed by atoms with Crippen molar-refractivity contribution >= 4 is 5.91 Å². The fourth-order valence-corrected chi connectivity index (χ4v) is 2.52. The Labute approximate surface area is 123 Å². The van der Waals surface area contributed by atoms with Gasteiger partial charge < -0.3 is 15.0 Å². The first-order chi connectivity index (χ1) is 10.1. The fraction of sp³-hybridized carbons (Fsp3) is 0.375. The Hall–Kier alpha value is -2.14. The standard InChI is InChI=1S/C16H19N3O2/c1-16(10-20,13-4-5-13)18-15(21)12-2-6-14(7-3-12)19-9-8-17-11-19/h2-3,6-9,11,13,20H,4-5,10H2,1H3,(H,18,21). The highest BCUT2D eigenvalue weighted by Gasteiger charge is 2.42. The van der Waals surface area contributed by atoms with Crippen molar-refractivity contribution in [2.45, 2.75) is 25.3 Å². The molecule has 1 amide bonds. The van der Waals surface area contributed by atoms with Crippen molar-refractivity contribution in [3.05, 3.63) is 48.5 Å². The van der Waals surface area contributed by atoms with E-state index in [0.717, 1.165) is 18.5 Å². The second kappa shape index (κ2) is 5.33. The lowest BCUT2D eigenvalue weighted by Crippen LogP contribution is -2.50. The van der Waals surface area contributed by atoms with Gasteiger partial charge in [-0.1, -0.05) is 0 Å². The predicted octanol–water partition coefficient (Wildman–Crippen LogP) is 1.76. The lowest BCUT2D eigenvalue weighted by molar-refractivity contribution is 0.0824. The van der Waals surface area contributed by atoms with Gasteiger partial charge in [-0.3, -0.25) is 4.79 Å². The van der Waals surface area contributed by atoms with E-state index in [1.807, 2.05) is 29.8 Å². The molecule has 0 aliphatic heterocycles. The average molecular weight is 285 g/mol. The Bertz CT molecular complexity index is 617. The van der Waals surface area contributed by atoms with Crippen LogP contribution in [0.1, 0.15) is 30.1 Å². The summed E-state index contributed by atoms with van der Waals surface area (Å²) in [5.74, 6) is 0.243. The minimum absolute atomic E-state index is 0.0312. The minimum atomic E-state index is -0.514. The average Bonchev–Trinajstić information content (AvgIpc) is 3.23. The molecular weight excluding hydrogens is 266 g/mol. The van der Waals surface area contributed by atoms with Gasteiger partial charge in [0.15, 0.2) is 0 Å². The molecule has 1 saturated carbocycles. The van der Waals surface area contributed by atoms with Crippen molar-refractivity contribution in [2.75, 3.05) is 6.61 Å². The Kier molecular flexibility index (Phi) is 3.51. The van der Waals surface area contributed by atoms with E-state index in [9.17, 15) is 9.90 Å². The number of nitrogens with one attached hydrogen (secondary N) is 1.